The maximum absolute atomic E-state index is 13.0. The molecule has 1 amide bonds. The molecule has 2 aromatic rings. The highest BCUT2D eigenvalue weighted by molar-refractivity contribution is 7.91. The number of benzene rings is 2. The molecule has 1 N–H and O–H groups in total. The number of halogens is 4. The minimum atomic E-state index is -4.59. The average molecular weight is 375 g/mol. The van der Waals surface area contributed by atoms with Crippen LogP contribution in [-0.4, -0.2) is 20.1 Å². The van der Waals surface area contributed by atoms with Crippen LogP contribution in [0.4, 0.5) is 23.2 Å². The summed E-state index contributed by atoms with van der Waals surface area (Å²) in [7, 11) is -4.00. The molecule has 0 aliphatic carbocycles. The molecule has 0 aromatic heterocycles. The van der Waals surface area contributed by atoms with Gasteiger partial charge in [-0.05, 0) is 29.8 Å². The van der Waals surface area contributed by atoms with Gasteiger partial charge in [-0.1, -0.05) is 24.3 Å². The molecule has 0 radical (unpaired) electrons. The Bertz CT molecular complexity index is 879. The van der Waals surface area contributed by atoms with Gasteiger partial charge >= 0.3 is 6.18 Å². The summed E-state index contributed by atoms with van der Waals surface area (Å²) in [6, 6.07) is 8.76. The minimum absolute atomic E-state index is 0.0756. The second kappa shape index (κ2) is 7.22. The third-order valence-corrected chi connectivity index (χ3v) is 4.58. The number of nitrogens with one attached hydrogen (secondary N) is 1. The van der Waals surface area contributed by atoms with Gasteiger partial charge in [0, 0.05) is 5.69 Å². The zero-order valence-corrected chi connectivity index (χ0v) is 13.5. The molecule has 0 heterocycles. The SMILES string of the molecule is O=C(CS(=O)(=O)Cc1cccc(C(F)(F)F)c1)Nc1cccc(F)c1. The van der Waals surface area contributed by atoms with Crippen molar-refractivity contribution in [3.63, 3.8) is 0 Å². The van der Waals surface area contributed by atoms with Gasteiger partial charge in [-0.2, -0.15) is 13.2 Å². The standard InChI is InChI=1S/C16H13F4NO3S/c17-13-5-2-6-14(8-13)21-15(22)10-25(23,24)9-11-3-1-4-12(7-11)16(18,19)20/h1-8H,9-10H2,(H,21,22). The fourth-order valence-corrected chi connectivity index (χ4v) is 3.37. The van der Waals surface area contributed by atoms with Gasteiger partial charge in [0.1, 0.15) is 11.6 Å². The third kappa shape index (κ3) is 5.86. The first kappa shape index (κ1) is 18.9. The first-order valence-electron chi connectivity index (χ1n) is 6.97. The Balaban J connectivity index is 2.05. The lowest BCUT2D eigenvalue weighted by Crippen LogP contribution is -2.24. The van der Waals surface area contributed by atoms with E-state index >= 15 is 0 Å². The topological polar surface area (TPSA) is 63.2 Å². The van der Waals surface area contributed by atoms with Crippen molar-refractivity contribution in [1.82, 2.24) is 0 Å². The molecule has 2 rings (SSSR count). The molecule has 4 nitrogen and oxygen atoms in total. The molecule has 0 spiro atoms. The summed E-state index contributed by atoms with van der Waals surface area (Å²) in [6.07, 6.45) is -4.59. The van der Waals surface area contributed by atoms with E-state index in [-0.39, 0.29) is 11.3 Å². The molecule has 0 saturated heterocycles. The van der Waals surface area contributed by atoms with Crippen molar-refractivity contribution < 1.29 is 30.8 Å². The van der Waals surface area contributed by atoms with Gasteiger partial charge in [0.25, 0.3) is 0 Å². The maximum Gasteiger partial charge on any atom is 0.416 e. The van der Waals surface area contributed by atoms with Gasteiger partial charge in [-0.15, -0.1) is 0 Å². The van der Waals surface area contributed by atoms with E-state index in [0.29, 0.717) is 0 Å². The first-order chi connectivity index (χ1) is 11.5. The minimum Gasteiger partial charge on any atom is -0.325 e. The van der Waals surface area contributed by atoms with Gasteiger partial charge in [0.2, 0.25) is 5.91 Å². The van der Waals surface area contributed by atoms with E-state index < -0.39 is 44.8 Å². The lowest BCUT2D eigenvalue weighted by Gasteiger charge is -2.09. The van der Waals surface area contributed by atoms with Crippen LogP contribution in [0.3, 0.4) is 0 Å². The number of hydrogen-bond acceptors (Lipinski definition) is 3. The van der Waals surface area contributed by atoms with Gasteiger partial charge in [0.05, 0.1) is 11.3 Å². The van der Waals surface area contributed by atoms with Crippen molar-refractivity contribution in [2.24, 2.45) is 0 Å². The number of rotatable bonds is 5. The Morgan fingerprint density at radius 1 is 1.04 bits per heavy atom. The average Bonchev–Trinajstić information content (AvgIpc) is 2.45. The molecule has 0 saturated carbocycles. The molecular formula is C16H13F4NO3S. The van der Waals surface area contributed by atoms with E-state index in [9.17, 15) is 30.8 Å². The summed E-state index contributed by atoms with van der Waals surface area (Å²) in [6.45, 7) is 0. The summed E-state index contributed by atoms with van der Waals surface area (Å²) in [5, 5.41) is 2.22. The number of hydrogen-bond donors (Lipinski definition) is 1. The molecule has 2 aromatic carbocycles. The highest BCUT2D eigenvalue weighted by Gasteiger charge is 2.30. The van der Waals surface area contributed by atoms with Crippen LogP contribution in [0.2, 0.25) is 0 Å². The predicted octanol–water partition coefficient (Wildman–Crippen LogP) is 3.40. The number of carbonyl (C=O) groups excluding carboxylic acids is 1. The lowest BCUT2D eigenvalue weighted by molar-refractivity contribution is -0.137. The Morgan fingerprint density at radius 2 is 1.72 bits per heavy atom. The fraction of sp³-hybridized carbons (Fsp3) is 0.188. The normalized spacial score (nSPS) is 12.0. The van der Waals surface area contributed by atoms with Gasteiger partial charge in [-0.3, -0.25) is 4.79 Å². The predicted molar refractivity (Wildman–Crippen MR) is 84.0 cm³/mol. The molecule has 0 fully saturated rings. The van der Waals surface area contributed by atoms with Crippen molar-refractivity contribution in [2.75, 3.05) is 11.1 Å². The Morgan fingerprint density at radius 3 is 2.36 bits per heavy atom. The second-order valence-electron chi connectivity index (χ2n) is 5.29. The number of amides is 1. The largest absolute Gasteiger partial charge is 0.416 e. The van der Waals surface area contributed by atoms with Crippen molar-refractivity contribution >= 4 is 21.4 Å². The highest BCUT2D eigenvalue weighted by Crippen LogP contribution is 2.29. The second-order valence-corrected chi connectivity index (χ2v) is 7.35. The molecule has 0 unspecified atom stereocenters. The third-order valence-electron chi connectivity index (χ3n) is 3.10. The molecule has 0 atom stereocenters. The molecule has 9 heteroatoms. The van der Waals surface area contributed by atoms with E-state index in [1.54, 1.807) is 0 Å². The number of anilines is 1. The van der Waals surface area contributed by atoms with Gasteiger partial charge in [0.15, 0.2) is 9.84 Å². The Hall–Kier alpha value is -2.42. The summed E-state index contributed by atoms with van der Waals surface area (Å²) < 4.78 is 75.0. The van der Waals surface area contributed by atoms with E-state index in [1.807, 2.05) is 0 Å². The van der Waals surface area contributed by atoms with Gasteiger partial charge in [-0.25, -0.2) is 12.8 Å². The zero-order chi connectivity index (χ0) is 18.7. The van der Waals surface area contributed by atoms with Crippen LogP contribution in [0.25, 0.3) is 0 Å². The van der Waals surface area contributed by atoms with Crippen molar-refractivity contribution in [1.29, 1.82) is 0 Å². The van der Waals surface area contributed by atoms with Crippen LogP contribution < -0.4 is 5.32 Å². The van der Waals surface area contributed by atoms with E-state index in [4.69, 9.17) is 0 Å². The van der Waals surface area contributed by atoms with E-state index in [2.05, 4.69) is 5.32 Å². The molecule has 134 valence electrons. The monoisotopic (exact) mass is 375 g/mol. The fourth-order valence-electron chi connectivity index (χ4n) is 2.11. The molecule has 0 bridgehead atoms. The first-order valence-corrected chi connectivity index (χ1v) is 8.79. The Kier molecular flexibility index (Phi) is 5.46. The van der Waals surface area contributed by atoms with Crippen LogP contribution in [0, 0.1) is 5.82 Å². The van der Waals surface area contributed by atoms with E-state index in [0.717, 1.165) is 30.3 Å². The molecule has 0 aliphatic rings. The zero-order valence-electron chi connectivity index (χ0n) is 12.7. The van der Waals surface area contributed by atoms with Gasteiger partial charge < -0.3 is 5.32 Å². The van der Waals surface area contributed by atoms with Crippen LogP contribution in [0.1, 0.15) is 11.1 Å². The maximum atomic E-state index is 13.0. The lowest BCUT2D eigenvalue weighted by atomic mass is 10.1. The number of carbonyl (C=O) groups is 1. The smallest absolute Gasteiger partial charge is 0.325 e. The van der Waals surface area contributed by atoms with Crippen molar-refractivity contribution in [3.05, 3.63) is 65.5 Å². The summed E-state index contributed by atoms with van der Waals surface area (Å²) >= 11 is 0. The number of sulfone groups is 1. The molecule has 25 heavy (non-hydrogen) atoms. The summed E-state index contributed by atoms with van der Waals surface area (Å²) in [5.74, 6) is -3.16. The quantitative estimate of drug-likeness (QED) is 0.815. The number of alkyl halides is 3. The van der Waals surface area contributed by atoms with Crippen LogP contribution >= 0.6 is 0 Å². The molecular weight excluding hydrogens is 362 g/mol. The van der Waals surface area contributed by atoms with Crippen LogP contribution in [-0.2, 0) is 26.6 Å². The molecule has 0 aliphatic heterocycles. The van der Waals surface area contributed by atoms with Crippen LogP contribution in [0.15, 0.2) is 48.5 Å². The van der Waals surface area contributed by atoms with Crippen molar-refractivity contribution in [3.8, 4) is 0 Å². The summed E-state index contributed by atoms with van der Waals surface area (Å²) in [5.41, 5.74) is -0.961. The van der Waals surface area contributed by atoms with Crippen LogP contribution in [0.5, 0.6) is 0 Å². The highest BCUT2D eigenvalue weighted by atomic mass is 32.2. The van der Waals surface area contributed by atoms with E-state index in [1.165, 1.54) is 18.2 Å². The summed E-state index contributed by atoms with van der Waals surface area (Å²) in [4.78, 5) is 11.8. The van der Waals surface area contributed by atoms with Crippen molar-refractivity contribution in [2.45, 2.75) is 11.9 Å². The Labute approximate surface area is 141 Å².